The van der Waals surface area contributed by atoms with E-state index in [0.29, 0.717) is 17.5 Å². The predicted octanol–water partition coefficient (Wildman–Crippen LogP) is 4.10. The number of rotatable bonds is 8. The second kappa shape index (κ2) is 11.8. The standard InChI is InChI=1S/C21H22INO6S/c1-13(9-10-28-18(25)12-30)19(16-11-15(22)7-8-17(16)24)29-21(27)23-20(26)14-5-3-2-4-6-14/h2-8,11,13,19,24,30H,9-10,12H2,1H3,(H,23,26,27)/t13-,19-/m0/s1. The van der Waals surface area contributed by atoms with Gasteiger partial charge in [-0.2, -0.15) is 12.6 Å². The Hall–Kier alpha value is -2.27. The SMILES string of the molecule is C[C@@H](CCOC(=O)CS)[C@H](OC(=O)NC(=O)c1ccccc1)c1cc(I)ccc1O. The van der Waals surface area contributed by atoms with E-state index in [1.165, 1.54) is 6.07 Å². The van der Waals surface area contributed by atoms with E-state index < -0.39 is 24.1 Å². The number of amides is 2. The highest BCUT2D eigenvalue weighted by molar-refractivity contribution is 14.1. The number of aromatic hydroxyl groups is 1. The summed E-state index contributed by atoms with van der Waals surface area (Å²) in [5.41, 5.74) is 0.715. The van der Waals surface area contributed by atoms with Crippen molar-refractivity contribution in [3.63, 3.8) is 0 Å². The van der Waals surface area contributed by atoms with Gasteiger partial charge in [0.1, 0.15) is 11.9 Å². The van der Waals surface area contributed by atoms with Crippen molar-refractivity contribution < 1.29 is 29.0 Å². The van der Waals surface area contributed by atoms with Gasteiger partial charge in [0.25, 0.3) is 5.91 Å². The van der Waals surface area contributed by atoms with E-state index in [1.54, 1.807) is 49.4 Å². The molecule has 0 bridgehead atoms. The highest BCUT2D eigenvalue weighted by Gasteiger charge is 2.27. The van der Waals surface area contributed by atoms with E-state index in [2.05, 4.69) is 40.5 Å². The topological polar surface area (TPSA) is 102 Å². The molecule has 9 heteroatoms. The zero-order valence-electron chi connectivity index (χ0n) is 16.2. The lowest BCUT2D eigenvalue weighted by Gasteiger charge is -2.25. The van der Waals surface area contributed by atoms with Gasteiger partial charge in [0.05, 0.1) is 12.4 Å². The number of esters is 1. The summed E-state index contributed by atoms with van der Waals surface area (Å²) >= 11 is 5.94. The number of thiol groups is 1. The highest BCUT2D eigenvalue weighted by Crippen LogP contribution is 2.35. The molecule has 0 saturated carbocycles. The summed E-state index contributed by atoms with van der Waals surface area (Å²) in [6.07, 6.45) is -1.43. The molecule has 0 heterocycles. The Morgan fingerprint density at radius 2 is 1.87 bits per heavy atom. The minimum absolute atomic E-state index is 0.0318. The van der Waals surface area contributed by atoms with Gasteiger partial charge in [0.2, 0.25) is 0 Å². The lowest BCUT2D eigenvalue weighted by Crippen LogP contribution is -2.33. The summed E-state index contributed by atoms with van der Waals surface area (Å²) in [5, 5.41) is 12.5. The molecule has 2 aromatic rings. The molecule has 2 amide bonds. The molecule has 0 aromatic heterocycles. The van der Waals surface area contributed by atoms with Gasteiger partial charge in [0, 0.05) is 20.6 Å². The summed E-state index contributed by atoms with van der Waals surface area (Å²) in [6, 6.07) is 13.2. The number of imide groups is 1. The van der Waals surface area contributed by atoms with Gasteiger partial charge in [-0.15, -0.1) is 0 Å². The molecule has 0 spiro atoms. The quantitative estimate of drug-likeness (QED) is 0.263. The first-order valence-electron chi connectivity index (χ1n) is 9.13. The number of phenolic OH excluding ortho intramolecular Hbond substituents is 1. The first-order chi connectivity index (χ1) is 14.3. The zero-order valence-corrected chi connectivity index (χ0v) is 19.3. The van der Waals surface area contributed by atoms with Crippen LogP contribution >= 0.6 is 35.2 Å². The summed E-state index contributed by atoms with van der Waals surface area (Å²) in [6.45, 7) is 1.90. The molecular weight excluding hydrogens is 521 g/mol. The third-order valence-corrected chi connectivity index (χ3v) is 5.19. The van der Waals surface area contributed by atoms with Crippen molar-refractivity contribution in [3.8, 4) is 5.75 Å². The third kappa shape index (κ3) is 7.21. The Balaban J connectivity index is 2.14. The molecule has 0 saturated heterocycles. The highest BCUT2D eigenvalue weighted by atomic mass is 127. The normalized spacial score (nSPS) is 12.5. The van der Waals surface area contributed by atoms with Crippen LogP contribution in [-0.2, 0) is 14.3 Å². The monoisotopic (exact) mass is 543 g/mol. The van der Waals surface area contributed by atoms with Crippen molar-refractivity contribution in [1.29, 1.82) is 0 Å². The molecule has 0 aliphatic rings. The van der Waals surface area contributed by atoms with E-state index in [-0.39, 0.29) is 24.0 Å². The molecule has 0 aliphatic heterocycles. The van der Waals surface area contributed by atoms with Crippen molar-refractivity contribution in [2.45, 2.75) is 19.4 Å². The lowest BCUT2D eigenvalue weighted by molar-refractivity contribution is -0.141. The van der Waals surface area contributed by atoms with Crippen molar-refractivity contribution in [2.75, 3.05) is 12.4 Å². The second-order valence-electron chi connectivity index (χ2n) is 6.49. The average molecular weight is 543 g/mol. The van der Waals surface area contributed by atoms with E-state index in [4.69, 9.17) is 9.47 Å². The van der Waals surface area contributed by atoms with Gasteiger partial charge in [-0.1, -0.05) is 25.1 Å². The summed E-state index contributed by atoms with van der Waals surface area (Å²) in [7, 11) is 0. The molecule has 30 heavy (non-hydrogen) atoms. The van der Waals surface area contributed by atoms with Crippen molar-refractivity contribution in [3.05, 3.63) is 63.2 Å². The third-order valence-electron chi connectivity index (χ3n) is 4.26. The van der Waals surface area contributed by atoms with Crippen LogP contribution in [0.2, 0.25) is 0 Å². The van der Waals surface area contributed by atoms with Crippen LogP contribution in [0.15, 0.2) is 48.5 Å². The number of halogens is 1. The second-order valence-corrected chi connectivity index (χ2v) is 8.06. The lowest BCUT2D eigenvalue weighted by atomic mass is 9.94. The van der Waals surface area contributed by atoms with Crippen molar-refractivity contribution in [1.82, 2.24) is 5.32 Å². The van der Waals surface area contributed by atoms with Crippen LogP contribution < -0.4 is 5.32 Å². The molecule has 0 radical (unpaired) electrons. The average Bonchev–Trinajstić information content (AvgIpc) is 2.74. The molecule has 2 atom stereocenters. The Morgan fingerprint density at radius 3 is 2.53 bits per heavy atom. The van der Waals surface area contributed by atoms with Crippen LogP contribution in [0.1, 0.15) is 35.4 Å². The summed E-state index contributed by atoms with van der Waals surface area (Å²) < 4.78 is 11.4. The minimum Gasteiger partial charge on any atom is -0.508 e. The number of nitrogens with one attached hydrogen (secondary N) is 1. The predicted molar refractivity (Wildman–Crippen MR) is 123 cm³/mol. The zero-order chi connectivity index (χ0) is 22.1. The molecule has 160 valence electrons. The largest absolute Gasteiger partial charge is 0.508 e. The van der Waals surface area contributed by atoms with Gasteiger partial charge in [0.15, 0.2) is 0 Å². The van der Waals surface area contributed by atoms with Crippen LogP contribution in [0.4, 0.5) is 4.79 Å². The number of hydrogen-bond donors (Lipinski definition) is 3. The number of phenols is 1. The fourth-order valence-electron chi connectivity index (χ4n) is 2.69. The van der Waals surface area contributed by atoms with Gasteiger partial charge in [-0.3, -0.25) is 14.9 Å². The Morgan fingerprint density at radius 1 is 1.17 bits per heavy atom. The molecular formula is C21H22INO6S. The van der Waals surface area contributed by atoms with Crippen molar-refractivity contribution in [2.24, 2.45) is 5.92 Å². The van der Waals surface area contributed by atoms with Crippen LogP contribution in [0.3, 0.4) is 0 Å². The number of carbonyl (C=O) groups excluding carboxylic acids is 3. The maximum Gasteiger partial charge on any atom is 0.414 e. The van der Waals surface area contributed by atoms with Crippen molar-refractivity contribution >= 4 is 53.2 Å². The fraction of sp³-hybridized carbons (Fsp3) is 0.286. The van der Waals surface area contributed by atoms with E-state index in [9.17, 15) is 19.5 Å². The van der Waals surface area contributed by atoms with Gasteiger partial charge in [-0.05, 0) is 59.3 Å². The summed E-state index contributed by atoms with van der Waals surface area (Å²) in [5.74, 6) is -1.44. The molecule has 0 fully saturated rings. The Kier molecular flexibility index (Phi) is 9.44. The van der Waals surface area contributed by atoms with E-state index in [1.807, 2.05) is 0 Å². The number of ether oxygens (including phenoxy) is 2. The number of alkyl carbamates (subject to hydrolysis) is 1. The smallest absolute Gasteiger partial charge is 0.414 e. The fourth-order valence-corrected chi connectivity index (χ4v) is 3.30. The van der Waals surface area contributed by atoms with Crippen LogP contribution in [0.5, 0.6) is 5.75 Å². The number of benzene rings is 2. The Labute approximate surface area is 193 Å². The maximum absolute atomic E-state index is 12.4. The molecule has 2 rings (SSSR count). The molecule has 2 aromatic carbocycles. The van der Waals surface area contributed by atoms with E-state index in [0.717, 1.165) is 3.57 Å². The number of hydrogen-bond acceptors (Lipinski definition) is 7. The van der Waals surface area contributed by atoms with Gasteiger partial charge in [-0.25, -0.2) is 4.79 Å². The van der Waals surface area contributed by atoms with Gasteiger partial charge < -0.3 is 14.6 Å². The van der Waals surface area contributed by atoms with Crippen LogP contribution in [-0.4, -0.2) is 35.4 Å². The molecule has 0 aliphatic carbocycles. The Bertz CT molecular complexity index is 892. The maximum atomic E-state index is 12.4. The van der Waals surface area contributed by atoms with Crippen LogP contribution in [0, 0.1) is 9.49 Å². The molecule has 2 N–H and O–H groups in total. The number of carbonyl (C=O) groups is 3. The first kappa shape index (κ1) is 24.0. The summed E-state index contributed by atoms with van der Waals surface area (Å²) in [4.78, 5) is 35.9. The van der Waals surface area contributed by atoms with Crippen LogP contribution in [0.25, 0.3) is 0 Å². The van der Waals surface area contributed by atoms with Gasteiger partial charge >= 0.3 is 12.1 Å². The molecule has 0 unspecified atom stereocenters. The first-order valence-corrected chi connectivity index (χ1v) is 10.8. The molecule has 7 nitrogen and oxygen atoms in total. The minimum atomic E-state index is -0.939. The van der Waals surface area contributed by atoms with E-state index >= 15 is 0 Å².